The molecule has 0 radical (unpaired) electrons. The molecule has 1 aromatic heterocycles. The maximum absolute atomic E-state index is 12.8. The highest BCUT2D eigenvalue weighted by molar-refractivity contribution is 9.10. The fraction of sp³-hybridized carbons (Fsp3) is 0.500. The SMILES string of the molecule is CCN(CC1CCCO1)C(=O)Cn1c(C)c(Br)c2ccccc21. The Bertz CT molecular complexity index is 704. The molecule has 0 aliphatic carbocycles. The van der Waals surface area contributed by atoms with E-state index in [4.69, 9.17) is 4.74 Å². The Labute approximate surface area is 145 Å². The third kappa shape index (κ3) is 3.31. The molecule has 3 rings (SSSR count). The Morgan fingerprint density at radius 2 is 2.22 bits per heavy atom. The summed E-state index contributed by atoms with van der Waals surface area (Å²) in [6, 6.07) is 8.18. The molecule has 1 amide bonds. The van der Waals surface area contributed by atoms with Gasteiger partial charge in [-0.1, -0.05) is 18.2 Å². The van der Waals surface area contributed by atoms with Crippen molar-refractivity contribution in [2.45, 2.75) is 39.3 Å². The van der Waals surface area contributed by atoms with Gasteiger partial charge in [0.1, 0.15) is 6.54 Å². The van der Waals surface area contributed by atoms with Crippen molar-refractivity contribution in [1.29, 1.82) is 0 Å². The second-order valence-electron chi connectivity index (χ2n) is 6.07. The smallest absolute Gasteiger partial charge is 0.242 e. The number of hydrogen-bond donors (Lipinski definition) is 0. The molecule has 5 heteroatoms. The number of nitrogens with zero attached hydrogens (tertiary/aromatic N) is 2. The molecule has 1 unspecified atom stereocenters. The number of benzene rings is 1. The van der Waals surface area contributed by atoms with Crippen LogP contribution in [-0.4, -0.2) is 41.2 Å². The Morgan fingerprint density at radius 3 is 2.91 bits per heavy atom. The molecule has 1 aliphatic rings. The molecule has 1 atom stereocenters. The van der Waals surface area contributed by atoms with Crippen LogP contribution in [0.3, 0.4) is 0 Å². The van der Waals surface area contributed by atoms with Crippen LogP contribution in [0, 0.1) is 6.92 Å². The van der Waals surface area contributed by atoms with Crippen LogP contribution in [0.5, 0.6) is 0 Å². The quantitative estimate of drug-likeness (QED) is 0.793. The summed E-state index contributed by atoms with van der Waals surface area (Å²) in [5.41, 5.74) is 2.19. The van der Waals surface area contributed by atoms with Gasteiger partial charge in [-0.15, -0.1) is 0 Å². The molecule has 4 nitrogen and oxygen atoms in total. The third-order valence-electron chi connectivity index (χ3n) is 4.63. The van der Waals surface area contributed by atoms with Crippen molar-refractivity contribution in [1.82, 2.24) is 9.47 Å². The molecular weight excluding hydrogens is 356 g/mol. The number of carbonyl (C=O) groups excluding carboxylic acids is 1. The summed E-state index contributed by atoms with van der Waals surface area (Å²) < 4.78 is 8.84. The maximum atomic E-state index is 12.8. The largest absolute Gasteiger partial charge is 0.376 e. The lowest BCUT2D eigenvalue weighted by molar-refractivity contribution is -0.133. The van der Waals surface area contributed by atoms with Gasteiger partial charge in [0.25, 0.3) is 0 Å². The van der Waals surface area contributed by atoms with Crippen LogP contribution in [0.4, 0.5) is 0 Å². The first-order valence-electron chi connectivity index (χ1n) is 8.24. The van der Waals surface area contributed by atoms with E-state index in [0.29, 0.717) is 13.1 Å². The third-order valence-corrected chi connectivity index (χ3v) is 5.63. The van der Waals surface area contributed by atoms with Gasteiger partial charge in [0.05, 0.1) is 6.10 Å². The average molecular weight is 379 g/mol. The maximum Gasteiger partial charge on any atom is 0.242 e. The normalized spacial score (nSPS) is 17.8. The van der Waals surface area contributed by atoms with E-state index in [1.807, 2.05) is 30.9 Å². The van der Waals surface area contributed by atoms with E-state index in [9.17, 15) is 4.79 Å². The number of rotatable bonds is 5. The zero-order valence-electron chi connectivity index (χ0n) is 13.7. The molecule has 0 bridgehead atoms. The van der Waals surface area contributed by atoms with E-state index >= 15 is 0 Å². The highest BCUT2D eigenvalue weighted by atomic mass is 79.9. The predicted octanol–water partition coefficient (Wildman–Crippen LogP) is 3.74. The van der Waals surface area contributed by atoms with E-state index in [1.165, 1.54) is 0 Å². The molecular formula is C18H23BrN2O2. The van der Waals surface area contributed by atoms with Crippen LogP contribution in [0.1, 0.15) is 25.5 Å². The topological polar surface area (TPSA) is 34.5 Å². The summed E-state index contributed by atoms with van der Waals surface area (Å²) in [5, 5.41) is 1.15. The van der Waals surface area contributed by atoms with Gasteiger partial charge >= 0.3 is 0 Å². The van der Waals surface area contributed by atoms with E-state index in [0.717, 1.165) is 47.1 Å². The van der Waals surface area contributed by atoms with Crippen LogP contribution in [-0.2, 0) is 16.1 Å². The highest BCUT2D eigenvalue weighted by Gasteiger charge is 2.23. The first-order chi connectivity index (χ1) is 11.1. The van der Waals surface area contributed by atoms with Gasteiger partial charge in [-0.25, -0.2) is 0 Å². The Balaban J connectivity index is 1.80. The molecule has 1 saturated heterocycles. The number of fused-ring (bicyclic) bond motifs is 1. The monoisotopic (exact) mass is 378 g/mol. The molecule has 124 valence electrons. The van der Waals surface area contributed by atoms with Crippen molar-refractivity contribution < 1.29 is 9.53 Å². The molecule has 0 spiro atoms. The number of carbonyl (C=O) groups is 1. The van der Waals surface area contributed by atoms with Gasteiger partial charge in [-0.05, 0) is 48.7 Å². The van der Waals surface area contributed by atoms with Crippen molar-refractivity contribution in [3.8, 4) is 0 Å². The summed E-state index contributed by atoms with van der Waals surface area (Å²) in [6.07, 6.45) is 2.36. The standard InChI is InChI=1S/C18H23BrN2O2/c1-3-20(11-14-7-6-10-23-14)17(22)12-21-13(2)18(19)15-8-4-5-9-16(15)21/h4-5,8-9,14H,3,6-7,10-12H2,1-2H3. The van der Waals surface area contributed by atoms with Crippen molar-refractivity contribution in [2.24, 2.45) is 0 Å². The second kappa shape index (κ2) is 7.05. The van der Waals surface area contributed by atoms with E-state index in [1.54, 1.807) is 0 Å². The number of likely N-dealkylation sites (N-methyl/N-ethyl adjacent to an activating group) is 1. The van der Waals surface area contributed by atoms with Gasteiger partial charge in [0.2, 0.25) is 5.91 Å². The lowest BCUT2D eigenvalue weighted by Crippen LogP contribution is -2.39. The predicted molar refractivity (Wildman–Crippen MR) is 95.6 cm³/mol. The van der Waals surface area contributed by atoms with E-state index in [2.05, 4.69) is 32.6 Å². The van der Waals surface area contributed by atoms with E-state index < -0.39 is 0 Å². The average Bonchev–Trinajstić information content (AvgIpc) is 3.16. The Morgan fingerprint density at radius 1 is 1.43 bits per heavy atom. The molecule has 0 saturated carbocycles. The van der Waals surface area contributed by atoms with Crippen molar-refractivity contribution in [3.63, 3.8) is 0 Å². The molecule has 1 aliphatic heterocycles. The summed E-state index contributed by atoms with van der Waals surface area (Å²) in [5.74, 6) is 0.152. The minimum Gasteiger partial charge on any atom is -0.376 e. The second-order valence-corrected chi connectivity index (χ2v) is 6.86. The number of amides is 1. The lowest BCUT2D eigenvalue weighted by atomic mass is 10.2. The number of aromatic nitrogens is 1. The summed E-state index contributed by atoms with van der Waals surface area (Å²) in [6.45, 7) is 6.70. The van der Waals surface area contributed by atoms with Crippen molar-refractivity contribution >= 4 is 32.7 Å². The number of halogens is 1. The van der Waals surface area contributed by atoms with Crippen molar-refractivity contribution in [2.75, 3.05) is 19.7 Å². The van der Waals surface area contributed by atoms with Crippen LogP contribution in [0.15, 0.2) is 28.7 Å². The van der Waals surface area contributed by atoms with Gasteiger partial charge in [-0.3, -0.25) is 4.79 Å². The zero-order valence-corrected chi connectivity index (χ0v) is 15.3. The number of para-hydroxylation sites is 1. The Kier molecular flexibility index (Phi) is 5.07. The van der Waals surface area contributed by atoms with Gasteiger partial charge < -0.3 is 14.2 Å². The minimum atomic E-state index is 0.152. The first kappa shape index (κ1) is 16.5. The molecule has 2 heterocycles. The van der Waals surface area contributed by atoms with Crippen LogP contribution < -0.4 is 0 Å². The van der Waals surface area contributed by atoms with E-state index in [-0.39, 0.29) is 12.0 Å². The molecule has 0 N–H and O–H groups in total. The van der Waals surface area contributed by atoms with Crippen LogP contribution in [0.25, 0.3) is 10.9 Å². The molecule has 1 aromatic carbocycles. The first-order valence-corrected chi connectivity index (χ1v) is 9.03. The van der Waals surface area contributed by atoms with Crippen molar-refractivity contribution in [3.05, 3.63) is 34.4 Å². The van der Waals surface area contributed by atoms with Gasteiger partial charge in [-0.2, -0.15) is 0 Å². The Hall–Kier alpha value is -1.33. The summed E-state index contributed by atoms with van der Waals surface area (Å²) in [7, 11) is 0. The summed E-state index contributed by atoms with van der Waals surface area (Å²) >= 11 is 3.65. The molecule has 1 fully saturated rings. The summed E-state index contributed by atoms with van der Waals surface area (Å²) in [4.78, 5) is 14.7. The zero-order chi connectivity index (χ0) is 16.4. The van der Waals surface area contributed by atoms with Crippen LogP contribution >= 0.6 is 15.9 Å². The highest BCUT2D eigenvalue weighted by Crippen LogP contribution is 2.30. The van der Waals surface area contributed by atoms with Gasteiger partial charge in [0.15, 0.2) is 0 Å². The van der Waals surface area contributed by atoms with Crippen LogP contribution in [0.2, 0.25) is 0 Å². The number of ether oxygens (including phenoxy) is 1. The fourth-order valence-electron chi connectivity index (χ4n) is 3.27. The number of hydrogen-bond acceptors (Lipinski definition) is 2. The molecule has 23 heavy (non-hydrogen) atoms. The minimum absolute atomic E-state index is 0.152. The van der Waals surface area contributed by atoms with Gasteiger partial charge in [0, 0.05) is 40.8 Å². The molecule has 2 aromatic rings. The lowest BCUT2D eigenvalue weighted by Gasteiger charge is -2.24. The fourth-order valence-corrected chi connectivity index (χ4v) is 3.82.